The summed E-state index contributed by atoms with van der Waals surface area (Å²) in [6.45, 7) is 5.66. The van der Waals surface area contributed by atoms with Crippen molar-refractivity contribution in [3.63, 3.8) is 0 Å². The van der Waals surface area contributed by atoms with E-state index in [0.717, 1.165) is 22.4 Å². The molecule has 0 saturated heterocycles. The molecule has 0 aliphatic rings. The average molecular weight is 294 g/mol. The second-order valence-corrected chi connectivity index (χ2v) is 5.57. The van der Waals surface area contributed by atoms with Crippen LogP contribution in [0, 0.1) is 12.8 Å². The van der Waals surface area contributed by atoms with E-state index in [9.17, 15) is 4.79 Å². The molecule has 0 spiro atoms. The molecule has 0 saturated carbocycles. The van der Waals surface area contributed by atoms with E-state index in [1.54, 1.807) is 6.20 Å². The summed E-state index contributed by atoms with van der Waals surface area (Å²) in [6.07, 6.45) is 1.67. The molecule has 1 aromatic carbocycles. The molecule has 2 aromatic heterocycles. The summed E-state index contributed by atoms with van der Waals surface area (Å²) in [5, 5.41) is 8.36. The number of nitrogens with zero attached hydrogens (tertiary/aromatic N) is 3. The Labute approximate surface area is 129 Å². The first kappa shape index (κ1) is 14.3. The van der Waals surface area contributed by atoms with E-state index in [1.165, 1.54) is 0 Å². The van der Waals surface area contributed by atoms with E-state index in [1.807, 2.05) is 61.9 Å². The highest BCUT2D eigenvalue weighted by Gasteiger charge is 2.13. The monoisotopic (exact) mass is 294 g/mol. The predicted molar refractivity (Wildman–Crippen MR) is 87.1 cm³/mol. The van der Waals surface area contributed by atoms with Crippen molar-refractivity contribution >= 4 is 22.6 Å². The quantitative estimate of drug-likeness (QED) is 0.806. The molecule has 3 aromatic rings. The Morgan fingerprint density at radius 3 is 2.64 bits per heavy atom. The van der Waals surface area contributed by atoms with Crippen LogP contribution in [-0.2, 0) is 4.79 Å². The molecular weight excluding hydrogens is 276 g/mol. The maximum absolute atomic E-state index is 11.8. The van der Waals surface area contributed by atoms with Crippen LogP contribution in [0.3, 0.4) is 0 Å². The summed E-state index contributed by atoms with van der Waals surface area (Å²) in [7, 11) is 0. The smallest absolute Gasteiger partial charge is 0.226 e. The van der Waals surface area contributed by atoms with E-state index in [2.05, 4.69) is 15.4 Å². The summed E-state index contributed by atoms with van der Waals surface area (Å²) < 4.78 is 1.82. The van der Waals surface area contributed by atoms with Crippen LogP contribution < -0.4 is 5.32 Å². The number of para-hydroxylation sites is 1. The number of carbonyl (C=O) groups excluding carboxylic acids is 1. The maximum Gasteiger partial charge on any atom is 0.226 e. The van der Waals surface area contributed by atoms with Crippen LogP contribution in [-0.4, -0.2) is 20.7 Å². The average Bonchev–Trinajstić information content (AvgIpc) is 2.85. The van der Waals surface area contributed by atoms with Crippen LogP contribution >= 0.6 is 0 Å². The molecule has 0 fully saturated rings. The van der Waals surface area contributed by atoms with Crippen molar-refractivity contribution in [1.82, 2.24) is 14.8 Å². The first-order valence-electron chi connectivity index (χ1n) is 7.28. The fourth-order valence-electron chi connectivity index (χ4n) is 2.25. The Morgan fingerprint density at radius 1 is 1.23 bits per heavy atom. The van der Waals surface area contributed by atoms with E-state index < -0.39 is 0 Å². The zero-order valence-electron chi connectivity index (χ0n) is 12.9. The van der Waals surface area contributed by atoms with Crippen LogP contribution in [0.1, 0.15) is 19.5 Å². The highest BCUT2D eigenvalue weighted by Crippen LogP contribution is 2.23. The number of amides is 1. The number of pyridine rings is 1. The van der Waals surface area contributed by atoms with Gasteiger partial charge in [-0.2, -0.15) is 5.10 Å². The number of hydrogen-bond donors (Lipinski definition) is 1. The van der Waals surface area contributed by atoms with Gasteiger partial charge in [0.25, 0.3) is 0 Å². The van der Waals surface area contributed by atoms with Crippen molar-refractivity contribution in [2.75, 3.05) is 5.32 Å². The molecule has 0 atom stereocenters. The number of aromatic nitrogens is 3. The van der Waals surface area contributed by atoms with Crippen LogP contribution in [0.5, 0.6) is 0 Å². The van der Waals surface area contributed by atoms with Gasteiger partial charge in [-0.1, -0.05) is 32.0 Å². The molecule has 0 aliphatic carbocycles. The van der Waals surface area contributed by atoms with Crippen molar-refractivity contribution in [1.29, 1.82) is 0 Å². The number of aryl methyl sites for hydroxylation is 1. The lowest BCUT2D eigenvalue weighted by molar-refractivity contribution is -0.118. The minimum atomic E-state index is -0.0659. The number of benzene rings is 1. The van der Waals surface area contributed by atoms with Gasteiger partial charge in [-0.3, -0.25) is 4.79 Å². The second kappa shape index (κ2) is 5.60. The molecule has 0 bridgehead atoms. The maximum atomic E-state index is 11.8. The molecule has 0 aliphatic heterocycles. The number of rotatable bonds is 3. The standard InChI is InChI=1S/C17H18N4O/c1-11(2)17(22)19-13-9-15-12(3)20-21(16(15)18-10-13)14-7-5-4-6-8-14/h4-11H,1-3H3,(H,19,22). The SMILES string of the molecule is Cc1nn(-c2ccccc2)c2ncc(NC(=O)C(C)C)cc12. The summed E-state index contributed by atoms with van der Waals surface area (Å²) in [5.41, 5.74) is 3.33. The van der Waals surface area contributed by atoms with Gasteiger partial charge in [-0.25, -0.2) is 9.67 Å². The molecule has 1 N–H and O–H groups in total. The molecule has 0 radical (unpaired) electrons. The summed E-state index contributed by atoms with van der Waals surface area (Å²) in [4.78, 5) is 16.3. The normalized spacial score (nSPS) is 11.1. The van der Waals surface area contributed by atoms with E-state index in [-0.39, 0.29) is 11.8 Å². The van der Waals surface area contributed by atoms with E-state index >= 15 is 0 Å². The number of nitrogens with one attached hydrogen (secondary N) is 1. The van der Waals surface area contributed by atoms with Gasteiger partial charge >= 0.3 is 0 Å². The second-order valence-electron chi connectivity index (χ2n) is 5.57. The Hall–Kier alpha value is -2.69. The van der Waals surface area contributed by atoms with Crippen LogP contribution in [0.15, 0.2) is 42.6 Å². The lowest BCUT2D eigenvalue weighted by Gasteiger charge is -2.07. The first-order valence-corrected chi connectivity index (χ1v) is 7.28. The number of hydrogen-bond acceptors (Lipinski definition) is 3. The summed E-state index contributed by atoms with van der Waals surface area (Å²) >= 11 is 0. The lowest BCUT2D eigenvalue weighted by atomic mass is 10.2. The van der Waals surface area contributed by atoms with Gasteiger partial charge in [0.15, 0.2) is 5.65 Å². The molecule has 5 heteroatoms. The van der Waals surface area contributed by atoms with Gasteiger partial charge in [0.2, 0.25) is 5.91 Å². The van der Waals surface area contributed by atoms with Gasteiger partial charge in [0.1, 0.15) is 0 Å². The van der Waals surface area contributed by atoms with Crippen LogP contribution in [0.25, 0.3) is 16.7 Å². The van der Waals surface area contributed by atoms with Crippen molar-refractivity contribution in [2.45, 2.75) is 20.8 Å². The van der Waals surface area contributed by atoms with Crippen LogP contribution in [0.4, 0.5) is 5.69 Å². The van der Waals surface area contributed by atoms with E-state index in [4.69, 9.17) is 0 Å². The third-order valence-corrected chi connectivity index (χ3v) is 3.50. The zero-order valence-corrected chi connectivity index (χ0v) is 12.9. The van der Waals surface area contributed by atoms with Crippen molar-refractivity contribution in [2.24, 2.45) is 5.92 Å². The Kier molecular flexibility index (Phi) is 3.63. The largest absolute Gasteiger partial charge is 0.324 e. The van der Waals surface area contributed by atoms with Crippen molar-refractivity contribution in [3.8, 4) is 5.69 Å². The van der Waals surface area contributed by atoms with Gasteiger partial charge in [-0.15, -0.1) is 0 Å². The third-order valence-electron chi connectivity index (χ3n) is 3.50. The minimum Gasteiger partial charge on any atom is -0.324 e. The summed E-state index contributed by atoms with van der Waals surface area (Å²) in [6, 6.07) is 11.8. The zero-order chi connectivity index (χ0) is 15.7. The fourth-order valence-corrected chi connectivity index (χ4v) is 2.25. The van der Waals surface area contributed by atoms with Gasteiger partial charge < -0.3 is 5.32 Å². The Balaban J connectivity index is 2.04. The molecule has 2 heterocycles. The van der Waals surface area contributed by atoms with Crippen LogP contribution in [0.2, 0.25) is 0 Å². The topological polar surface area (TPSA) is 59.8 Å². The first-order chi connectivity index (χ1) is 10.6. The molecular formula is C17H18N4O. The molecule has 5 nitrogen and oxygen atoms in total. The highest BCUT2D eigenvalue weighted by atomic mass is 16.1. The number of anilines is 1. The highest BCUT2D eigenvalue weighted by molar-refractivity contribution is 5.94. The number of fused-ring (bicyclic) bond motifs is 1. The molecule has 112 valence electrons. The predicted octanol–water partition coefficient (Wildman–Crippen LogP) is 3.32. The Bertz CT molecular complexity index is 821. The molecule has 22 heavy (non-hydrogen) atoms. The van der Waals surface area contributed by atoms with Gasteiger partial charge in [-0.05, 0) is 25.1 Å². The van der Waals surface area contributed by atoms with Gasteiger partial charge in [0.05, 0.1) is 23.3 Å². The molecule has 1 amide bonds. The number of carbonyl (C=O) groups is 1. The van der Waals surface area contributed by atoms with Gasteiger partial charge in [0, 0.05) is 11.3 Å². The van der Waals surface area contributed by atoms with E-state index in [0.29, 0.717) is 5.69 Å². The minimum absolute atomic E-state index is 0.0192. The fraction of sp³-hybridized carbons (Fsp3) is 0.235. The third kappa shape index (κ3) is 2.57. The molecule has 3 rings (SSSR count). The summed E-state index contributed by atoms with van der Waals surface area (Å²) in [5.74, 6) is -0.0851. The Morgan fingerprint density at radius 2 is 1.95 bits per heavy atom. The lowest BCUT2D eigenvalue weighted by Crippen LogP contribution is -2.17. The van der Waals surface area contributed by atoms with Crippen molar-refractivity contribution in [3.05, 3.63) is 48.3 Å². The van der Waals surface area contributed by atoms with Crippen molar-refractivity contribution < 1.29 is 4.79 Å². The molecule has 0 unspecified atom stereocenters.